The van der Waals surface area contributed by atoms with Gasteiger partial charge in [0.2, 0.25) is 5.91 Å². The van der Waals surface area contributed by atoms with E-state index in [4.69, 9.17) is 5.73 Å². The van der Waals surface area contributed by atoms with Gasteiger partial charge in [0.1, 0.15) is 0 Å². The van der Waals surface area contributed by atoms with Gasteiger partial charge in [0.25, 0.3) is 0 Å². The number of aryl methyl sites for hydroxylation is 1. The standard InChI is InChI=1S/C15H25N3O/c1-3-18(4-2)11-10-17-15(19)9-8-13-6-5-7-14(16)12-13/h5-7,12H,3-4,8-11,16H2,1-2H3,(H,17,19). The normalized spacial score (nSPS) is 10.7. The van der Waals surface area contributed by atoms with Crippen molar-refractivity contribution < 1.29 is 4.79 Å². The van der Waals surface area contributed by atoms with Gasteiger partial charge in [-0.05, 0) is 37.2 Å². The maximum absolute atomic E-state index is 11.7. The van der Waals surface area contributed by atoms with Crippen LogP contribution in [0.4, 0.5) is 5.69 Å². The molecule has 4 heteroatoms. The predicted octanol–water partition coefficient (Wildman–Crippen LogP) is 1.66. The van der Waals surface area contributed by atoms with Gasteiger partial charge in [-0.3, -0.25) is 4.79 Å². The Balaban J connectivity index is 2.21. The minimum Gasteiger partial charge on any atom is -0.399 e. The van der Waals surface area contributed by atoms with E-state index in [-0.39, 0.29) is 5.91 Å². The van der Waals surface area contributed by atoms with Crippen molar-refractivity contribution in [3.63, 3.8) is 0 Å². The fourth-order valence-electron chi connectivity index (χ4n) is 1.99. The predicted molar refractivity (Wildman–Crippen MR) is 80.0 cm³/mol. The molecule has 19 heavy (non-hydrogen) atoms. The minimum absolute atomic E-state index is 0.106. The first-order valence-electron chi connectivity index (χ1n) is 6.99. The van der Waals surface area contributed by atoms with Crippen molar-refractivity contribution in [3.05, 3.63) is 29.8 Å². The van der Waals surface area contributed by atoms with Gasteiger partial charge in [-0.15, -0.1) is 0 Å². The first-order valence-corrected chi connectivity index (χ1v) is 6.99. The number of hydrogen-bond donors (Lipinski definition) is 2. The average Bonchev–Trinajstić information content (AvgIpc) is 2.41. The van der Waals surface area contributed by atoms with E-state index in [9.17, 15) is 4.79 Å². The van der Waals surface area contributed by atoms with E-state index in [1.807, 2.05) is 24.3 Å². The molecule has 1 aromatic rings. The van der Waals surface area contributed by atoms with E-state index >= 15 is 0 Å². The van der Waals surface area contributed by atoms with Gasteiger partial charge < -0.3 is 16.0 Å². The lowest BCUT2D eigenvalue weighted by Gasteiger charge is -2.17. The van der Waals surface area contributed by atoms with Gasteiger partial charge in [0.15, 0.2) is 0 Å². The summed E-state index contributed by atoms with van der Waals surface area (Å²) in [5.74, 6) is 0.106. The molecule has 4 nitrogen and oxygen atoms in total. The monoisotopic (exact) mass is 263 g/mol. The summed E-state index contributed by atoms with van der Waals surface area (Å²) < 4.78 is 0. The number of carbonyl (C=O) groups excluding carboxylic acids is 1. The number of likely N-dealkylation sites (N-methyl/N-ethyl adjacent to an activating group) is 1. The van der Waals surface area contributed by atoms with Crippen molar-refractivity contribution in [1.82, 2.24) is 10.2 Å². The SMILES string of the molecule is CCN(CC)CCNC(=O)CCc1cccc(N)c1. The second-order valence-electron chi connectivity index (χ2n) is 4.62. The first-order chi connectivity index (χ1) is 9.15. The van der Waals surface area contributed by atoms with Crippen LogP contribution in [0.1, 0.15) is 25.8 Å². The molecule has 1 aromatic carbocycles. The van der Waals surface area contributed by atoms with Crippen molar-refractivity contribution in [2.24, 2.45) is 0 Å². The van der Waals surface area contributed by atoms with Crippen LogP contribution in [0.5, 0.6) is 0 Å². The fraction of sp³-hybridized carbons (Fsp3) is 0.533. The Labute approximate surface area is 116 Å². The quantitative estimate of drug-likeness (QED) is 0.701. The summed E-state index contributed by atoms with van der Waals surface area (Å²) in [6.07, 6.45) is 1.25. The molecule has 0 saturated carbocycles. The van der Waals surface area contributed by atoms with Crippen molar-refractivity contribution in [1.29, 1.82) is 0 Å². The van der Waals surface area contributed by atoms with Gasteiger partial charge in [-0.25, -0.2) is 0 Å². The van der Waals surface area contributed by atoms with Crippen LogP contribution in [0.2, 0.25) is 0 Å². The van der Waals surface area contributed by atoms with E-state index in [1.54, 1.807) is 0 Å². The third-order valence-corrected chi connectivity index (χ3v) is 3.24. The van der Waals surface area contributed by atoms with Crippen LogP contribution >= 0.6 is 0 Å². The molecule has 1 amide bonds. The lowest BCUT2D eigenvalue weighted by atomic mass is 10.1. The smallest absolute Gasteiger partial charge is 0.220 e. The van der Waals surface area contributed by atoms with E-state index in [0.717, 1.165) is 43.9 Å². The largest absolute Gasteiger partial charge is 0.399 e. The van der Waals surface area contributed by atoms with Gasteiger partial charge in [-0.2, -0.15) is 0 Å². The van der Waals surface area contributed by atoms with Crippen LogP contribution in [-0.4, -0.2) is 37.0 Å². The van der Waals surface area contributed by atoms with E-state index in [1.165, 1.54) is 0 Å². The van der Waals surface area contributed by atoms with Crippen molar-refractivity contribution in [2.45, 2.75) is 26.7 Å². The second kappa shape index (κ2) is 8.53. The maximum Gasteiger partial charge on any atom is 0.220 e. The van der Waals surface area contributed by atoms with E-state index < -0.39 is 0 Å². The van der Waals surface area contributed by atoms with Crippen LogP contribution in [0.3, 0.4) is 0 Å². The molecular weight excluding hydrogens is 238 g/mol. The molecule has 3 N–H and O–H groups in total. The summed E-state index contributed by atoms with van der Waals surface area (Å²) in [7, 11) is 0. The molecule has 1 rings (SSSR count). The minimum atomic E-state index is 0.106. The summed E-state index contributed by atoms with van der Waals surface area (Å²) in [5.41, 5.74) is 7.56. The van der Waals surface area contributed by atoms with Gasteiger partial charge in [0.05, 0.1) is 0 Å². The molecule has 0 unspecified atom stereocenters. The summed E-state index contributed by atoms with van der Waals surface area (Å²) >= 11 is 0. The highest BCUT2D eigenvalue weighted by molar-refractivity contribution is 5.76. The number of amides is 1. The maximum atomic E-state index is 11.7. The molecule has 0 aromatic heterocycles. The van der Waals surface area contributed by atoms with Gasteiger partial charge in [0, 0.05) is 25.2 Å². The number of carbonyl (C=O) groups is 1. The van der Waals surface area contributed by atoms with Crippen molar-refractivity contribution in [3.8, 4) is 0 Å². The third-order valence-electron chi connectivity index (χ3n) is 3.24. The van der Waals surface area contributed by atoms with Gasteiger partial charge in [-0.1, -0.05) is 26.0 Å². The molecule has 0 aliphatic rings. The number of hydrogen-bond acceptors (Lipinski definition) is 3. The molecule has 0 atom stereocenters. The molecule has 0 aliphatic heterocycles. The van der Waals surface area contributed by atoms with Crippen LogP contribution in [-0.2, 0) is 11.2 Å². The zero-order valence-corrected chi connectivity index (χ0v) is 12.0. The summed E-state index contributed by atoms with van der Waals surface area (Å²) in [5, 5.41) is 2.95. The molecule has 0 saturated heterocycles. The molecule has 0 bridgehead atoms. The van der Waals surface area contributed by atoms with E-state index in [2.05, 4.69) is 24.1 Å². The molecule has 0 heterocycles. The Bertz CT molecular complexity index is 389. The highest BCUT2D eigenvalue weighted by atomic mass is 16.1. The Kier molecular flexibility index (Phi) is 6.97. The summed E-state index contributed by atoms with van der Waals surface area (Å²) in [6, 6.07) is 7.69. The van der Waals surface area contributed by atoms with E-state index in [0.29, 0.717) is 6.42 Å². The fourth-order valence-corrected chi connectivity index (χ4v) is 1.99. The number of nitrogens with one attached hydrogen (secondary N) is 1. The van der Waals surface area contributed by atoms with Crippen LogP contribution < -0.4 is 11.1 Å². The van der Waals surface area contributed by atoms with Crippen molar-refractivity contribution in [2.75, 3.05) is 31.9 Å². The summed E-state index contributed by atoms with van der Waals surface area (Å²) in [4.78, 5) is 14.0. The molecular formula is C15H25N3O. The number of nitrogens with zero attached hydrogens (tertiary/aromatic N) is 1. The van der Waals surface area contributed by atoms with Crippen LogP contribution in [0, 0.1) is 0 Å². The number of rotatable bonds is 8. The average molecular weight is 263 g/mol. The Morgan fingerprint density at radius 2 is 2.05 bits per heavy atom. The third kappa shape index (κ3) is 6.25. The molecule has 0 spiro atoms. The Morgan fingerprint density at radius 3 is 2.68 bits per heavy atom. The number of nitrogens with two attached hydrogens (primary N) is 1. The van der Waals surface area contributed by atoms with Gasteiger partial charge >= 0.3 is 0 Å². The highest BCUT2D eigenvalue weighted by Crippen LogP contribution is 2.08. The number of anilines is 1. The first kappa shape index (κ1) is 15.5. The molecule has 0 fully saturated rings. The molecule has 0 radical (unpaired) electrons. The zero-order valence-electron chi connectivity index (χ0n) is 12.0. The molecule has 0 aliphatic carbocycles. The lowest BCUT2D eigenvalue weighted by molar-refractivity contribution is -0.121. The number of nitrogen functional groups attached to an aromatic ring is 1. The van der Waals surface area contributed by atoms with Crippen LogP contribution in [0.15, 0.2) is 24.3 Å². The molecule has 106 valence electrons. The number of benzene rings is 1. The zero-order chi connectivity index (χ0) is 14.1. The van der Waals surface area contributed by atoms with Crippen molar-refractivity contribution >= 4 is 11.6 Å². The Morgan fingerprint density at radius 1 is 1.32 bits per heavy atom. The second-order valence-corrected chi connectivity index (χ2v) is 4.62. The topological polar surface area (TPSA) is 58.4 Å². The lowest BCUT2D eigenvalue weighted by Crippen LogP contribution is -2.34. The van der Waals surface area contributed by atoms with Crippen LogP contribution in [0.25, 0.3) is 0 Å². The Hall–Kier alpha value is -1.55. The summed E-state index contributed by atoms with van der Waals surface area (Å²) in [6.45, 7) is 7.94. The highest BCUT2D eigenvalue weighted by Gasteiger charge is 2.03.